The molecule has 234 valence electrons. The summed E-state index contributed by atoms with van der Waals surface area (Å²) in [5, 5.41) is 0. The van der Waals surface area contributed by atoms with Crippen LogP contribution < -0.4 is 0 Å². The van der Waals surface area contributed by atoms with E-state index in [0.29, 0.717) is 26.1 Å². The van der Waals surface area contributed by atoms with E-state index < -0.39 is 5.60 Å². The quantitative estimate of drug-likeness (QED) is 0.202. The molecule has 1 amide bonds. The van der Waals surface area contributed by atoms with Crippen molar-refractivity contribution in [2.45, 2.75) is 105 Å². The summed E-state index contributed by atoms with van der Waals surface area (Å²) in [4.78, 5) is 22.5. The Bertz CT molecular complexity index is 1310. The summed E-state index contributed by atoms with van der Waals surface area (Å²) < 4.78 is 19.9. The van der Waals surface area contributed by atoms with Crippen LogP contribution in [0.3, 0.4) is 0 Å². The van der Waals surface area contributed by atoms with Crippen molar-refractivity contribution in [2.24, 2.45) is 4.99 Å². The lowest BCUT2D eigenvalue weighted by Crippen LogP contribution is -2.58. The number of allylic oxidation sites excluding steroid dienone is 7. The minimum absolute atomic E-state index is 0.0443. The Hall–Kier alpha value is -3.41. The first-order valence-corrected chi connectivity index (χ1v) is 15.8. The number of halogens is 1. The molecule has 2 heterocycles. The Balaban J connectivity index is 2.07. The predicted octanol–water partition coefficient (Wildman–Crippen LogP) is 9.30. The van der Waals surface area contributed by atoms with Crippen LogP contribution in [0.15, 0.2) is 82.6 Å². The monoisotopic (exact) mass is 589 g/mol. The van der Waals surface area contributed by atoms with Crippen LogP contribution >= 0.6 is 0 Å². The Labute approximate surface area is 259 Å². The predicted molar refractivity (Wildman–Crippen MR) is 179 cm³/mol. The number of benzene rings is 1. The van der Waals surface area contributed by atoms with E-state index in [1.165, 1.54) is 25.0 Å². The fraction of sp³-hybridized carbons (Fsp3) is 0.514. The SMILES string of the molecule is C=C(CC1=NCC=C(C)C(N2C[C@@H](C)N(C(=O)OC(C)(C)C)C[C@@H]2C)=C1C(=C\C)/C=C/CCCCC)c1cccc(F)c1. The van der Waals surface area contributed by atoms with Gasteiger partial charge in [-0.2, -0.15) is 0 Å². The van der Waals surface area contributed by atoms with Crippen molar-refractivity contribution >= 4 is 17.4 Å². The smallest absolute Gasteiger partial charge is 0.410 e. The third-order valence-corrected chi connectivity index (χ3v) is 7.96. The number of unbranched alkanes of at least 4 members (excludes halogenated alkanes) is 3. The van der Waals surface area contributed by atoms with Gasteiger partial charge >= 0.3 is 6.09 Å². The fourth-order valence-electron chi connectivity index (χ4n) is 5.69. The van der Waals surface area contributed by atoms with E-state index in [-0.39, 0.29) is 24.0 Å². The molecule has 0 bridgehead atoms. The summed E-state index contributed by atoms with van der Waals surface area (Å²) >= 11 is 0. The second-order valence-corrected chi connectivity index (χ2v) is 12.8. The molecule has 2 aliphatic rings. The van der Waals surface area contributed by atoms with Crippen LogP contribution in [0.1, 0.15) is 93.1 Å². The number of piperazine rings is 1. The van der Waals surface area contributed by atoms with Crippen molar-refractivity contribution in [1.29, 1.82) is 0 Å². The minimum atomic E-state index is -0.548. The van der Waals surface area contributed by atoms with Crippen LogP contribution in [-0.4, -0.2) is 58.9 Å². The van der Waals surface area contributed by atoms with E-state index >= 15 is 0 Å². The molecule has 0 radical (unpaired) electrons. The third-order valence-electron chi connectivity index (χ3n) is 7.96. The summed E-state index contributed by atoms with van der Waals surface area (Å²) in [6.45, 7) is 22.6. The highest BCUT2D eigenvalue weighted by Gasteiger charge is 2.37. The van der Waals surface area contributed by atoms with Gasteiger partial charge in [-0.05, 0) is 95.7 Å². The first-order chi connectivity index (χ1) is 20.4. The zero-order valence-corrected chi connectivity index (χ0v) is 27.7. The number of amides is 1. The van der Waals surface area contributed by atoms with Gasteiger partial charge in [0.15, 0.2) is 0 Å². The fourth-order valence-corrected chi connectivity index (χ4v) is 5.69. The normalized spacial score (nSPS) is 20.3. The maximum Gasteiger partial charge on any atom is 0.410 e. The third kappa shape index (κ3) is 9.29. The standard InChI is InChI=1S/C37H52FN3O2/c1-10-12-13-14-15-17-30(11-2)34-33(22-27(4)31-18-16-19-32(38)23-31)39-21-20-26(3)35(34)40-24-29(6)41(25-28(40)5)36(42)43-37(7,8)9/h11,15-20,23,28-29H,4,10,12-14,21-22,24-25H2,1-3,5-9H3/b17-15+,30-11-/t28-,29+/m0/s1. The van der Waals surface area contributed by atoms with Gasteiger partial charge in [0.05, 0.1) is 6.54 Å². The molecule has 2 aliphatic heterocycles. The van der Waals surface area contributed by atoms with Gasteiger partial charge in [0.1, 0.15) is 11.4 Å². The topological polar surface area (TPSA) is 45.1 Å². The van der Waals surface area contributed by atoms with E-state index in [1.54, 1.807) is 6.07 Å². The Morgan fingerprint density at radius 1 is 1.19 bits per heavy atom. The van der Waals surface area contributed by atoms with Crippen LogP contribution in [0, 0.1) is 5.82 Å². The van der Waals surface area contributed by atoms with Crippen LogP contribution in [0.25, 0.3) is 5.57 Å². The van der Waals surface area contributed by atoms with Crippen molar-refractivity contribution in [3.63, 3.8) is 0 Å². The van der Waals surface area contributed by atoms with Crippen molar-refractivity contribution in [2.75, 3.05) is 19.6 Å². The number of hydrogen-bond acceptors (Lipinski definition) is 4. The molecular weight excluding hydrogens is 537 g/mol. The number of hydrogen-bond donors (Lipinski definition) is 0. The van der Waals surface area contributed by atoms with Gasteiger partial charge in [0, 0.05) is 48.6 Å². The summed E-state index contributed by atoms with van der Waals surface area (Å²) in [6.07, 6.45) is 13.7. The molecule has 0 aliphatic carbocycles. The van der Waals surface area contributed by atoms with E-state index in [1.807, 2.05) is 31.7 Å². The van der Waals surface area contributed by atoms with E-state index in [0.717, 1.165) is 52.1 Å². The van der Waals surface area contributed by atoms with Gasteiger partial charge in [-0.1, -0.05) is 62.8 Å². The van der Waals surface area contributed by atoms with Crippen molar-refractivity contribution < 1.29 is 13.9 Å². The molecule has 6 heteroatoms. The summed E-state index contributed by atoms with van der Waals surface area (Å²) in [6, 6.07) is 6.63. The minimum Gasteiger partial charge on any atom is -0.444 e. The maximum absolute atomic E-state index is 14.1. The van der Waals surface area contributed by atoms with E-state index in [2.05, 4.69) is 70.4 Å². The zero-order chi connectivity index (χ0) is 31.7. The summed E-state index contributed by atoms with van der Waals surface area (Å²) in [5.41, 5.74) is 6.50. The summed E-state index contributed by atoms with van der Waals surface area (Å²) in [7, 11) is 0. The van der Waals surface area contributed by atoms with Gasteiger partial charge in [-0.3, -0.25) is 4.99 Å². The highest BCUT2D eigenvalue weighted by Crippen LogP contribution is 2.35. The molecule has 3 rings (SSSR count). The highest BCUT2D eigenvalue weighted by atomic mass is 19.1. The van der Waals surface area contributed by atoms with E-state index in [4.69, 9.17) is 9.73 Å². The zero-order valence-electron chi connectivity index (χ0n) is 27.7. The molecule has 0 N–H and O–H groups in total. The molecule has 0 unspecified atom stereocenters. The highest BCUT2D eigenvalue weighted by molar-refractivity contribution is 6.10. The lowest BCUT2D eigenvalue weighted by atomic mass is 9.89. The molecule has 0 spiro atoms. The Morgan fingerprint density at radius 3 is 2.58 bits per heavy atom. The maximum atomic E-state index is 14.1. The summed E-state index contributed by atoms with van der Waals surface area (Å²) in [5.74, 6) is -0.273. The molecule has 0 saturated carbocycles. The van der Waals surface area contributed by atoms with Crippen LogP contribution in [0.5, 0.6) is 0 Å². The van der Waals surface area contributed by atoms with E-state index in [9.17, 15) is 9.18 Å². The Morgan fingerprint density at radius 2 is 1.93 bits per heavy atom. The van der Waals surface area contributed by atoms with Crippen molar-refractivity contribution in [3.05, 3.63) is 88.9 Å². The molecule has 1 aromatic rings. The molecule has 43 heavy (non-hydrogen) atoms. The average molecular weight is 590 g/mol. The second-order valence-electron chi connectivity index (χ2n) is 12.8. The second kappa shape index (κ2) is 15.4. The molecule has 5 nitrogen and oxygen atoms in total. The first kappa shape index (κ1) is 34.1. The molecule has 0 aromatic heterocycles. The van der Waals surface area contributed by atoms with Crippen molar-refractivity contribution in [1.82, 2.24) is 9.80 Å². The van der Waals surface area contributed by atoms with Gasteiger partial charge in [-0.15, -0.1) is 0 Å². The Kier molecular flexibility index (Phi) is 12.2. The van der Waals surface area contributed by atoms with Crippen LogP contribution in [-0.2, 0) is 4.74 Å². The van der Waals surface area contributed by atoms with Crippen LogP contribution in [0.2, 0.25) is 0 Å². The molecule has 1 fully saturated rings. The molecule has 1 aromatic carbocycles. The molecule has 2 atom stereocenters. The lowest BCUT2D eigenvalue weighted by molar-refractivity contribution is -0.00381. The number of carbonyl (C=O) groups excluding carboxylic acids is 1. The first-order valence-electron chi connectivity index (χ1n) is 15.8. The van der Waals surface area contributed by atoms with Crippen LogP contribution in [0.4, 0.5) is 9.18 Å². The number of rotatable bonds is 10. The van der Waals surface area contributed by atoms with Gasteiger partial charge in [0.2, 0.25) is 0 Å². The van der Waals surface area contributed by atoms with Gasteiger partial charge in [0.25, 0.3) is 0 Å². The molecule has 1 saturated heterocycles. The average Bonchev–Trinajstić information content (AvgIpc) is 3.09. The number of ether oxygens (including phenoxy) is 1. The van der Waals surface area contributed by atoms with Gasteiger partial charge in [-0.25, -0.2) is 9.18 Å². The lowest BCUT2D eigenvalue weighted by Gasteiger charge is -2.47. The largest absolute Gasteiger partial charge is 0.444 e. The number of aliphatic imine (C=N–C) groups is 1. The molecular formula is C37H52FN3O2. The van der Waals surface area contributed by atoms with Gasteiger partial charge < -0.3 is 14.5 Å². The number of nitrogens with zero attached hydrogens (tertiary/aromatic N) is 3. The number of carbonyl (C=O) groups is 1. The van der Waals surface area contributed by atoms with Crippen molar-refractivity contribution in [3.8, 4) is 0 Å².